The summed E-state index contributed by atoms with van der Waals surface area (Å²) in [6.07, 6.45) is 6.16. The van der Waals surface area contributed by atoms with Crippen LogP contribution < -0.4 is 0 Å². The summed E-state index contributed by atoms with van der Waals surface area (Å²) in [7, 11) is 0. The Balaban J connectivity index is 1.86. The number of halogens is 1. The lowest BCUT2D eigenvalue weighted by Gasteiger charge is -2.08. The summed E-state index contributed by atoms with van der Waals surface area (Å²) in [6, 6.07) is 11.9. The van der Waals surface area contributed by atoms with Crippen molar-refractivity contribution in [1.82, 2.24) is 4.57 Å². The molecule has 0 bridgehead atoms. The predicted octanol–water partition coefficient (Wildman–Crippen LogP) is 4.37. The van der Waals surface area contributed by atoms with Crippen LogP contribution in [0.25, 0.3) is 12.2 Å². The smallest absolute Gasteiger partial charge is 0.0701 e. The number of hydrogen-bond acceptors (Lipinski definition) is 2. The van der Waals surface area contributed by atoms with Gasteiger partial charge in [0.25, 0.3) is 0 Å². The zero-order chi connectivity index (χ0) is 15.6. The predicted molar refractivity (Wildman–Crippen MR) is 92.1 cm³/mol. The van der Waals surface area contributed by atoms with Crippen LogP contribution in [0.1, 0.15) is 18.2 Å². The van der Waals surface area contributed by atoms with Gasteiger partial charge in [-0.3, -0.25) is 0 Å². The third-order valence-corrected chi connectivity index (χ3v) is 3.60. The Labute approximate surface area is 137 Å². The molecule has 118 valence electrons. The molecule has 0 N–H and O–H groups in total. The van der Waals surface area contributed by atoms with E-state index in [4.69, 9.17) is 21.1 Å². The highest BCUT2D eigenvalue weighted by Gasteiger charge is 1.99. The van der Waals surface area contributed by atoms with Crippen LogP contribution in [0.15, 0.2) is 42.6 Å². The number of hydrogen-bond donors (Lipinski definition) is 0. The summed E-state index contributed by atoms with van der Waals surface area (Å²) in [6.45, 7) is 5.51. The van der Waals surface area contributed by atoms with Gasteiger partial charge < -0.3 is 14.0 Å². The van der Waals surface area contributed by atoms with E-state index in [1.807, 2.05) is 43.3 Å². The van der Waals surface area contributed by atoms with Crippen molar-refractivity contribution in [2.24, 2.45) is 0 Å². The molecule has 4 heteroatoms. The molecule has 0 radical (unpaired) electrons. The molecule has 22 heavy (non-hydrogen) atoms. The normalized spacial score (nSPS) is 11.4. The molecule has 0 aliphatic carbocycles. The van der Waals surface area contributed by atoms with Crippen LogP contribution in [0, 0.1) is 0 Å². The quantitative estimate of drug-likeness (QED) is 0.641. The Bertz CT molecular complexity index is 592. The summed E-state index contributed by atoms with van der Waals surface area (Å²) >= 11 is 6.16. The third kappa shape index (κ3) is 5.34. The summed E-state index contributed by atoms with van der Waals surface area (Å²) < 4.78 is 13.0. The van der Waals surface area contributed by atoms with Crippen molar-refractivity contribution in [3.05, 3.63) is 58.9 Å². The summed E-state index contributed by atoms with van der Waals surface area (Å²) in [5.41, 5.74) is 2.15. The van der Waals surface area contributed by atoms with Crippen molar-refractivity contribution in [3.8, 4) is 0 Å². The van der Waals surface area contributed by atoms with E-state index in [1.165, 1.54) is 0 Å². The van der Waals surface area contributed by atoms with Gasteiger partial charge in [-0.2, -0.15) is 0 Å². The van der Waals surface area contributed by atoms with Crippen LogP contribution in [0.5, 0.6) is 0 Å². The SMILES string of the molecule is CCOCCOCCn1cccc1C=Cc1ccccc1Cl. The van der Waals surface area contributed by atoms with Gasteiger partial charge >= 0.3 is 0 Å². The maximum Gasteiger partial charge on any atom is 0.0701 e. The van der Waals surface area contributed by atoms with E-state index >= 15 is 0 Å². The lowest BCUT2D eigenvalue weighted by Crippen LogP contribution is -2.10. The second kappa shape index (κ2) is 9.46. The highest BCUT2D eigenvalue weighted by atomic mass is 35.5. The lowest BCUT2D eigenvalue weighted by molar-refractivity contribution is 0.0497. The Morgan fingerprint density at radius 2 is 1.82 bits per heavy atom. The topological polar surface area (TPSA) is 23.4 Å². The first-order valence-electron chi connectivity index (χ1n) is 7.54. The first-order chi connectivity index (χ1) is 10.8. The van der Waals surface area contributed by atoms with E-state index in [2.05, 4.69) is 22.9 Å². The van der Waals surface area contributed by atoms with E-state index in [1.54, 1.807) is 0 Å². The van der Waals surface area contributed by atoms with E-state index in [0.29, 0.717) is 19.8 Å². The molecule has 0 aliphatic heterocycles. The molecule has 0 amide bonds. The molecule has 0 unspecified atom stereocenters. The fraction of sp³-hybridized carbons (Fsp3) is 0.333. The number of nitrogens with zero attached hydrogens (tertiary/aromatic N) is 1. The average molecular weight is 320 g/mol. The summed E-state index contributed by atoms with van der Waals surface area (Å²) in [5.74, 6) is 0. The van der Waals surface area contributed by atoms with Gasteiger partial charge in [0.1, 0.15) is 0 Å². The largest absolute Gasteiger partial charge is 0.379 e. The molecule has 0 saturated carbocycles. The third-order valence-electron chi connectivity index (χ3n) is 3.26. The van der Waals surface area contributed by atoms with Crippen LogP contribution in [0.4, 0.5) is 0 Å². The number of ether oxygens (including phenoxy) is 2. The summed E-state index contributed by atoms with van der Waals surface area (Å²) in [5, 5.41) is 0.760. The first kappa shape index (κ1) is 16.8. The zero-order valence-corrected chi connectivity index (χ0v) is 13.6. The van der Waals surface area contributed by atoms with E-state index in [-0.39, 0.29) is 0 Å². The maximum atomic E-state index is 6.16. The van der Waals surface area contributed by atoms with Crippen molar-refractivity contribution in [1.29, 1.82) is 0 Å². The van der Waals surface area contributed by atoms with Gasteiger partial charge in [0.05, 0.1) is 19.8 Å². The van der Waals surface area contributed by atoms with E-state index < -0.39 is 0 Å². The summed E-state index contributed by atoms with van der Waals surface area (Å²) in [4.78, 5) is 0. The minimum absolute atomic E-state index is 0.639. The Kier molecular flexibility index (Phi) is 7.23. The van der Waals surface area contributed by atoms with Crippen molar-refractivity contribution in [2.45, 2.75) is 13.5 Å². The molecule has 2 aromatic rings. The van der Waals surface area contributed by atoms with Crippen LogP contribution in [-0.4, -0.2) is 31.0 Å². The first-order valence-corrected chi connectivity index (χ1v) is 7.92. The Morgan fingerprint density at radius 1 is 1.00 bits per heavy atom. The molecule has 1 aromatic carbocycles. The molecule has 1 heterocycles. The van der Waals surface area contributed by atoms with Gasteiger partial charge in [-0.1, -0.05) is 35.9 Å². The average Bonchev–Trinajstić information content (AvgIpc) is 2.97. The Hall–Kier alpha value is -1.55. The number of benzene rings is 1. The van der Waals surface area contributed by atoms with Gasteiger partial charge in [-0.05, 0) is 36.8 Å². The van der Waals surface area contributed by atoms with Crippen LogP contribution in [0.2, 0.25) is 5.02 Å². The van der Waals surface area contributed by atoms with Gasteiger partial charge in [0, 0.05) is 30.1 Å². The molecule has 1 aromatic heterocycles. The fourth-order valence-corrected chi connectivity index (χ4v) is 2.29. The minimum Gasteiger partial charge on any atom is -0.379 e. The van der Waals surface area contributed by atoms with Crippen molar-refractivity contribution in [3.63, 3.8) is 0 Å². The molecular weight excluding hydrogens is 298 g/mol. The monoisotopic (exact) mass is 319 g/mol. The molecule has 0 atom stereocenters. The second-order valence-electron chi connectivity index (χ2n) is 4.79. The van der Waals surface area contributed by atoms with Crippen molar-refractivity contribution >= 4 is 23.8 Å². The Morgan fingerprint density at radius 3 is 2.64 bits per heavy atom. The minimum atomic E-state index is 0.639. The van der Waals surface area contributed by atoms with Crippen LogP contribution in [-0.2, 0) is 16.0 Å². The van der Waals surface area contributed by atoms with E-state index in [9.17, 15) is 0 Å². The van der Waals surface area contributed by atoms with Gasteiger partial charge in [0.15, 0.2) is 0 Å². The van der Waals surface area contributed by atoms with Gasteiger partial charge in [-0.25, -0.2) is 0 Å². The molecular formula is C18H22ClNO2. The van der Waals surface area contributed by atoms with Gasteiger partial charge in [0.2, 0.25) is 0 Å². The van der Waals surface area contributed by atoms with Crippen molar-refractivity contribution < 1.29 is 9.47 Å². The maximum absolute atomic E-state index is 6.16. The molecule has 0 fully saturated rings. The fourth-order valence-electron chi connectivity index (χ4n) is 2.09. The van der Waals surface area contributed by atoms with Gasteiger partial charge in [-0.15, -0.1) is 0 Å². The highest BCUT2D eigenvalue weighted by Crippen LogP contribution is 2.18. The highest BCUT2D eigenvalue weighted by molar-refractivity contribution is 6.32. The zero-order valence-electron chi connectivity index (χ0n) is 12.9. The molecule has 0 saturated heterocycles. The lowest BCUT2D eigenvalue weighted by atomic mass is 10.2. The molecule has 3 nitrogen and oxygen atoms in total. The van der Waals surface area contributed by atoms with Crippen LogP contribution in [0.3, 0.4) is 0 Å². The molecule has 0 aliphatic rings. The second-order valence-corrected chi connectivity index (χ2v) is 5.20. The number of aromatic nitrogens is 1. The van der Waals surface area contributed by atoms with Crippen molar-refractivity contribution in [2.75, 3.05) is 26.4 Å². The molecule has 0 spiro atoms. The standard InChI is InChI=1S/C18H22ClNO2/c1-2-21-14-15-22-13-12-20-11-5-7-17(20)10-9-16-6-3-4-8-18(16)19/h3-11H,2,12-15H2,1H3. The van der Waals surface area contributed by atoms with Crippen LogP contribution >= 0.6 is 11.6 Å². The molecule has 2 rings (SSSR count). The number of rotatable bonds is 9. The van der Waals surface area contributed by atoms with E-state index in [0.717, 1.165) is 29.4 Å².